The molecule has 1 aromatic carbocycles. The smallest absolute Gasteiger partial charge is 0.160 e. The van der Waals surface area contributed by atoms with E-state index >= 15 is 0 Å². The molecule has 2 rings (SSSR count). The Morgan fingerprint density at radius 2 is 2.32 bits per heavy atom. The first-order valence-corrected chi connectivity index (χ1v) is 7.50. The lowest BCUT2D eigenvalue weighted by Gasteiger charge is -2.34. The van der Waals surface area contributed by atoms with E-state index in [0.717, 1.165) is 31.5 Å². The van der Waals surface area contributed by atoms with E-state index in [0.29, 0.717) is 23.3 Å². The Kier molecular flexibility index (Phi) is 5.19. The second-order valence-corrected chi connectivity index (χ2v) is 5.53. The Hall–Kier alpha value is -0.650. The highest BCUT2D eigenvalue weighted by atomic mass is 79.9. The number of nitrogens with two attached hydrogens (primary N) is 1. The fourth-order valence-corrected chi connectivity index (χ4v) is 3.01. The van der Waals surface area contributed by atoms with Crippen LogP contribution in [0.2, 0.25) is 0 Å². The molecule has 0 radical (unpaired) electrons. The summed E-state index contributed by atoms with van der Waals surface area (Å²) in [5.74, 6) is -0.222. The molecule has 2 N–H and O–H groups in total. The first-order chi connectivity index (χ1) is 9.17. The topological polar surface area (TPSA) is 38.5 Å². The predicted octanol–water partition coefficient (Wildman–Crippen LogP) is 3.05. The third-order valence-corrected chi connectivity index (χ3v) is 4.34. The van der Waals surface area contributed by atoms with Crippen LogP contribution < -0.4 is 10.6 Å². The lowest BCUT2D eigenvalue weighted by Crippen LogP contribution is -2.40. The summed E-state index contributed by atoms with van der Waals surface area (Å²) >= 11 is 3.29. The van der Waals surface area contributed by atoms with Gasteiger partial charge in [-0.3, -0.25) is 0 Å². The fraction of sp³-hybridized carbons (Fsp3) is 0.571. The van der Waals surface area contributed by atoms with Crippen LogP contribution >= 0.6 is 15.9 Å². The molecule has 1 unspecified atom stereocenters. The van der Waals surface area contributed by atoms with Crippen LogP contribution in [0.3, 0.4) is 0 Å². The van der Waals surface area contributed by atoms with Crippen molar-refractivity contribution in [1.82, 2.24) is 0 Å². The molecular formula is C14H20BrFN2O. The third kappa shape index (κ3) is 3.27. The summed E-state index contributed by atoms with van der Waals surface area (Å²) in [5.41, 5.74) is 7.00. The van der Waals surface area contributed by atoms with Gasteiger partial charge in [0.25, 0.3) is 0 Å². The van der Waals surface area contributed by atoms with Gasteiger partial charge in [0.05, 0.1) is 16.3 Å². The summed E-state index contributed by atoms with van der Waals surface area (Å²) in [6.45, 7) is 4.65. The van der Waals surface area contributed by atoms with E-state index in [2.05, 4.69) is 20.8 Å². The number of halogens is 2. The Morgan fingerprint density at radius 3 is 3.00 bits per heavy atom. The number of nitrogens with zero attached hydrogens (tertiary/aromatic N) is 1. The van der Waals surface area contributed by atoms with Gasteiger partial charge in [-0.1, -0.05) is 6.07 Å². The van der Waals surface area contributed by atoms with E-state index in [1.165, 1.54) is 0 Å². The molecule has 0 spiro atoms. The number of benzene rings is 1. The summed E-state index contributed by atoms with van der Waals surface area (Å²) in [7, 11) is 0. The number of ether oxygens (including phenoxy) is 1. The molecule has 1 aromatic rings. The highest BCUT2D eigenvalue weighted by Gasteiger charge is 2.23. The lowest BCUT2D eigenvalue weighted by molar-refractivity contribution is 0.0525. The van der Waals surface area contributed by atoms with Crippen LogP contribution in [0.5, 0.6) is 0 Å². The summed E-state index contributed by atoms with van der Waals surface area (Å²) in [4.78, 5) is 2.06. The van der Waals surface area contributed by atoms with Crippen molar-refractivity contribution < 1.29 is 9.13 Å². The molecule has 0 amide bonds. The van der Waals surface area contributed by atoms with Crippen molar-refractivity contribution >= 4 is 21.6 Å². The number of anilines is 1. The van der Waals surface area contributed by atoms with Crippen molar-refractivity contribution in [3.63, 3.8) is 0 Å². The van der Waals surface area contributed by atoms with Gasteiger partial charge in [-0.05, 0) is 47.3 Å². The van der Waals surface area contributed by atoms with E-state index in [1.807, 2.05) is 19.1 Å². The maximum Gasteiger partial charge on any atom is 0.160 e. The van der Waals surface area contributed by atoms with Crippen LogP contribution in [0.1, 0.15) is 25.3 Å². The standard InChI is InChI=1S/C14H20BrFN2O/c1-2-19-11-4-3-7-18(9-11)12-6-5-10(8-17)13(15)14(12)16/h5-6,11H,2-4,7-9,17H2,1H3. The van der Waals surface area contributed by atoms with Gasteiger partial charge in [-0.2, -0.15) is 0 Å². The molecule has 1 aliphatic rings. The average Bonchev–Trinajstić information content (AvgIpc) is 2.42. The van der Waals surface area contributed by atoms with Gasteiger partial charge in [0.1, 0.15) is 0 Å². The normalized spacial score (nSPS) is 19.8. The van der Waals surface area contributed by atoms with Crippen molar-refractivity contribution in [1.29, 1.82) is 0 Å². The zero-order valence-corrected chi connectivity index (χ0v) is 12.7. The molecule has 5 heteroatoms. The Balaban J connectivity index is 2.19. The number of hydrogen-bond acceptors (Lipinski definition) is 3. The Morgan fingerprint density at radius 1 is 1.53 bits per heavy atom. The van der Waals surface area contributed by atoms with Crippen molar-refractivity contribution in [3.05, 3.63) is 28.0 Å². The molecule has 0 aliphatic carbocycles. The molecule has 1 atom stereocenters. The molecule has 0 bridgehead atoms. The lowest BCUT2D eigenvalue weighted by atomic mass is 10.1. The van der Waals surface area contributed by atoms with Gasteiger partial charge in [0, 0.05) is 26.2 Å². The zero-order chi connectivity index (χ0) is 13.8. The average molecular weight is 331 g/mol. The molecule has 0 aromatic heterocycles. The maximum atomic E-state index is 14.4. The molecule has 1 aliphatic heterocycles. The molecule has 19 heavy (non-hydrogen) atoms. The van der Waals surface area contributed by atoms with Crippen LogP contribution in [0.4, 0.5) is 10.1 Å². The van der Waals surface area contributed by atoms with Crippen molar-refractivity contribution in [3.8, 4) is 0 Å². The zero-order valence-electron chi connectivity index (χ0n) is 11.2. The fourth-order valence-electron chi connectivity index (χ4n) is 2.51. The second-order valence-electron chi connectivity index (χ2n) is 4.74. The van der Waals surface area contributed by atoms with E-state index < -0.39 is 0 Å². The van der Waals surface area contributed by atoms with Crippen LogP contribution in [-0.4, -0.2) is 25.8 Å². The van der Waals surface area contributed by atoms with Gasteiger partial charge in [-0.25, -0.2) is 4.39 Å². The predicted molar refractivity (Wildman–Crippen MR) is 78.9 cm³/mol. The molecule has 1 fully saturated rings. The van der Waals surface area contributed by atoms with E-state index in [-0.39, 0.29) is 11.9 Å². The van der Waals surface area contributed by atoms with Gasteiger partial charge in [-0.15, -0.1) is 0 Å². The monoisotopic (exact) mass is 330 g/mol. The Bertz CT molecular complexity index is 440. The van der Waals surface area contributed by atoms with E-state index in [9.17, 15) is 4.39 Å². The number of rotatable bonds is 4. The van der Waals surface area contributed by atoms with Crippen LogP contribution in [-0.2, 0) is 11.3 Å². The quantitative estimate of drug-likeness (QED) is 0.922. The first kappa shape index (κ1) is 14.8. The minimum Gasteiger partial charge on any atom is -0.377 e. The van der Waals surface area contributed by atoms with E-state index in [1.54, 1.807) is 0 Å². The van der Waals surface area contributed by atoms with Crippen LogP contribution in [0.15, 0.2) is 16.6 Å². The first-order valence-electron chi connectivity index (χ1n) is 6.70. The van der Waals surface area contributed by atoms with Gasteiger partial charge >= 0.3 is 0 Å². The van der Waals surface area contributed by atoms with Gasteiger partial charge in [0.15, 0.2) is 5.82 Å². The van der Waals surface area contributed by atoms with Gasteiger partial charge < -0.3 is 15.4 Å². The number of piperidine rings is 1. The largest absolute Gasteiger partial charge is 0.377 e. The molecular weight excluding hydrogens is 311 g/mol. The molecule has 0 saturated carbocycles. The summed E-state index contributed by atoms with van der Waals surface area (Å²) < 4.78 is 20.5. The maximum absolute atomic E-state index is 14.4. The Labute approximate surface area is 122 Å². The van der Waals surface area contributed by atoms with Crippen LogP contribution in [0.25, 0.3) is 0 Å². The minimum absolute atomic E-state index is 0.200. The van der Waals surface area contributed by atoms with Gasteiger partial charge in [0.2, 0.25) is 0 Å². The third-order valence-electron chi connectivity index (χ3n) is 3.48. The summed E-state index contributed by atoms with van der Waals surface area (Å²) in [6, 6.07) is 3.70. The van der Waals surface area contributed by atoms with Crippen molar-refractivity contribution in [2.24, 2.45) is 5.73 Å². The molecule has 1 saturated heterocycles. The molecule has 106 valence electrons. The van der Waals surface area contributed by atoms with Crippen molar-refractivity contribution in [2.45, 2.75) is 32.4 Å². The highest BCUT2D eigenvalue weighted by molar-refractivity contribution is 9.10. The second kappa shape index (κ2) is 6.68. The highest BCUT2D eigenvalue weighted by Crippen LogP contribution is 2.31. The molecule has 3 nitrogen and oxygen atoms in total. The number of hydrogen-bond donors (Lipinski definition) is 1. The molecule has 1 heterocycles. The minimum atomic E-state index is -0.222. The van der Waals surface area contributed by atoms with Crippen LogP contribution in [0, 0.1) is 5.82 Å². The summed E-state index contributed by atoms with van der Waals surface area (Å²) in [5, 5.41) is 0. The SMILES string of the molecule is CCOC1CCCN(c2ccc(CN)c(Br)c2F)C1. The summed E-state index contributed by atoms with van der Waals surface area (Å²) in [6.07, 6.45) is 2.28. The van der Waals surface area contributed by atoms with E-state index in [4.69, 9.17) is 10.5 Å². The van der Waals surface area contributed by atoms with Crippen molar-refractivity contribution in [2.75, 3.05) is 24.6 Å².